The van der Waals surface area contributed by atoms with Crippen LogP contribution < -0.4 is 4.90 Å². The van der Waals surface area contributed by atoms with E-state index in [0.29, 0.717) is 18.8 Å². The van der Waals surface area contributed by atoms with Crippen LogP contribution in [0.3, 0.4) is 0 Å². The third-order valence-corrected chi connectivity index (χ3v) is 4.55. The van der Waals surface area contributed by atoms with Gasteiger partial charge in [-0.15, -0.1) is 0 Å². The predicted octanol–water partition coefficient (Wildman–Crippen LogP) is 3.53. The van der Waals surface area contributed by atoms with Crippen molar-refractivity contribution in [2.75, 3.05) is 25.0 Å². The number of aromatic nitrogens is 1. The Hall–Kier alpha value is -2.35. The van der Waals surface area contributed by atoms with Crippen LogP contribution in [0.2, 0.25) is 0 Å². The van der Waals surface area contributed by atoms with Crippen LogP contribution >= 0.6 is 0 Å². The summed E-state index contributed by atoms with van der Waals surface area (Å²) in [5.41, 5.74) is 0.508. The molecule has 1 aromatic rings. The maximum Gasteiger partial charge on any atom is 0.415 e. The minimum atomic E-state index is -0.660. The molecule has 2 atom stereocenters. The van der Waals surface area contributed by atoms with E-state index in [2.05, 4.69) is 4.98 Å². The Labute approximate surface area is 179 Å². The fourth-order valence-corrected chi connectivity index (χ4v) is 3.22. The lowest BCUT2D eigenvalue weighted by Gasteiger charge is -2.25. The number of aryl methyl sites for hydroxylation is 1. The molecule has 0 bridgehead atoms. The summed E-state index contributed by atoms with van der Waals surface area (Å²) in [6, 6.07) is 3.74. The Balaban J connectivity index is 2.10. The van der Waals surface area contributed by atoms with E-state index >= 15 is 0 Å². The zero-order valence-corrected chi connectivity index (χ0v) is 19.4. The first-order valence-electron chi connectivity index (χ1n) is 10.2. The molecule has 30 heavy (non-hydrogen) atoms. The Morgan fingerprint density at radius 2 is 1.73 bits per heavy atom. The van der Waals surface area contributed by atoms with Gasteiger partial charge in [-0.05, 0) is 72.6 Å². The molecule has 168 valence electrons. The third-order valence-electron chi connectivity index (χ3n) is 4.55. The van der Waals surface area contributed by atoms with Gasteiger partial charge in [-0.3, -0.25) is 4.90 Å². The first-order chi connectivity index (χ1) is 13.6. The van der Waals surface area contributed by atoms with E-state index < -0.39 is 29.5 Å². The van der Waals surface area contributed by atoms with E-state index in [1.807, 2.05) is 60.6 Å². The molecule has 0 spiro atoms. The Bertz CT molecular complexity index is 782. The predicted molar refractivity (Wildman–Crippen MR) is 115 cm³/mol. The average molecular weight is 422 g/mol. The number of hydrogen-bond donors (Lipinski definition) is 1. The fraction of sp³-hybridized carbons (Fsp3) is 0.682. The second-order valence-electron chi connectivity index (χ2n) is 9.95. The van der Waals surface area contributed by atoms with Crippen LogP contribution in [-0.2, 0) is 15.9 Å². The molecule has 1 aromatic heterocycles. The highest BCUT2D eigenvalue weighted by Crippen LogP contribution is 2.25. The van der Waals surface area contributed by atoms with Crippen molar-refractivity contribution in [2.24, 2.45) is 5.92 Å². The first kappa shape index (κ1) is 23.9. The molecular formula is C22H35N3O5. The highest BCUT2D eigenvalue weighted by atomic mass is 16.6. The highest BCUT2D eigenvalue weighted by Gasteiger charge is 2.36. The van der Waals surface area contributed by atoms with Crippen LogP contribution in [0.1, 0.15) is 52.8 Å². The summed E-state index contributed by atoms with van der Waals surface area (Å²) in [6.07, 6.45) is -1.08. The lowest BCUT2D eigenvalue weighted by Crippen LogP contribution is -2.36. The number of β-amino-alcohol motifs (C(OH)–C–C–N with tert-alkyl or cyclic N) is 1. The SMILES string of the molecule is Cc1cc(CC2CN(C(=O)OC(C)(C)C)CC2O)nc(N(C)C(=O)OC(C)(C)C)c1. The minimum absolute atomic E-state index is 0.161. The van der Waals surface area contributed by atoms with Crippen LogP contribution in [0, 0.1) is 12.8 Å². The number of nitrogens with zero attached hydrogens (tertiary/aromatic N) is 3. The number of ether oxygens (including phenoxy) is 2. The zero-order chi connectivity index (χ0) is 22.9. The second kappa shape index (κ2) is 8.79. The normalized spacial score (nSPS) is 19.6. The van der Waals surface area contributed by atoms with Gasteiger partial charge in [0, 0.05) is 25.2 Å². The number of hydrogen-bond acceptors (Lipinski definition) is 6. The standard InChI is InChI=1S/C22H35N3O5/c1-14-9-16(23-18(10-14)24(8)19(27)29-21(2,3)4)11-15-12-25(13-17(15)26)20(28)30-22(5,6)7/h9-10,15,17,26H,11-13H2,1-8H3. The van der Waals surface area contributed by atoms with E-state index in [1.165, 1.54) is 9.80 Å². The Morgan fingerprint density at radius 1 is 1.13 bits per heavy atom. The van der Waals surface area contributed by atoms with Gasteiger partial charge in [-0.25, -0.2) is 14.6 Å². The number of carbonyl (C=O) groups is 2. The molecule has 2 unspecified atom stereocenters. The van der Waals surface area contributed by atoms with Crippen LogP contribution in [-0.4, -0.2) is 64.6 Å². The van der Waals surface area contributed by atoms with Crippen molar-refractivity contribution in [3.05, 3.63) is 23.4 Å². The molecule has 8 nitrogen and oxygen atoms in total. The molecule has 0 aromatic carbocycles. The van der Waals surface area contributed by atoms with Crippen molar-refractivity contribution < 1.29 is 24.2 Å². The lowest BCUT2D eigenvalue weighted by molar-refractivity contribution is 0.0269. The van der Waals surface area contributed by atoms with Crippen molar-refractivity contribution >= 4 is 18.0 Å². The number of pyridine rings is 1. The number of rotatable bonds is 3. The van der Waals surface area contributed by atoms with Crippen LogP contribution in [0.25, 0.3) is 0 Å². The molecule has 1 aliphatic heterocycles. The molecule has 1 N–H and O–H groups in total. The van der Waals surface area contributed by atoms with E-state index in [4.69, 9.17) is 9.47 Å². The van der Waals surface area contributed by atoms with E-state index in [0.717, 1.165) is 11.3 Å². The lowest BCUT2D eigenvalue weighted by atomic mass is 9.99. The molecule has 1 fully saturated rings. The molecule has 2 rings (SSSR count). The van der Waals surface area contributed by atoms with Crippen molar-refractivity contribution in [1.29, 1.82) is 0 Å². The molecular weight excluding hydrogens is 386 g/mol. The summed E-state index contributed by atoms with van der Waals surface area (Å²) in [4.78, 5) is 32.2. The third kappa shape index (κ3) is 6.86. The van der Waals surface area contributed by atoms with Gasteiger partial charge in [-0.2, -0.15) is 0 Å². The van der Waals surface area contributed by atoms with E-state index in [-0.39, 0.29) is 12.5 Å². The fourth-order valence-electron chi connectivity index (χ4n) is 3.22. The molecule has 1 saturated heterocycles. The summed E-state index contributed by atoms with van der Waals surface area (Å²) in [5, 5.41) is 10.5. The van der Waals surface area contributed by atoms with Crippen LogP contribution in [0.5, 0.6) is 0 Å². The van der Waals surface area contributed by atoms with Gasteiger partial charge in [-0.1, -0.05) is 0 Å². The Kier molecular flexibility index (Phi) is 7.01. The molecule has 0 radical (unpaired) electrons. The topological polar surface area (TPSA) is 92.2 Å². The first-order valence-corrected chi connectivity index (χ1v) is 10.2. The van der Waals surface area contributed by atoms with E-state index in [1.54, 1.807) is 7.05 Å². The summed E-state index contributed by atoms with van der Waals surface area (Å²) < 4.78 is 10.8. The Morgan fingerprint density at radius 3 is 2.30 bits per heavy atom. The van der Waals surface area contributed by atoms with Gasteiger partial charge in [0.25, 0.3) is 0 Å². The van der Waals surface area contributed by atoms with Gasteiger partial charge >= 0.3 is 12.2 Å². The molecule has 0 aliphatic carbocycles. The molecule has 2 amide bonds. The molecule has 1 aliphatic rings. The van der Waals surface area contributed by atoms with Crippen molar-refractivity contribution in [3.8, 4) is 0 Å². The van der Waals surface area contributed by atoms with Crippen molar-refractivity contribution in [3.63, 3.8) is 0 Å². The second-order valence-corrected chi connectivity index (χ2v) is 9.95. The van der Waals surface area contributed by atoms with Gasteiger partial charge < -0.3 is 19.5 Å². The quantitative estimate of drug-likeness (QED) is 0.803. The van der Waals surface area contributed by atoms with Gasteiger partial charge in [0.15, 0.2) is 0 Å². The molecule has 8 heteroatoms. The average Bonchev–Trinajstić information content (AvgIpc) is 2.91. The van der Waals surface area contributed by atoms with Crippen LogP contribution in [0.4, 0.5) is 15.4 Å². The number of anilines is 1. The maximum atomic E-state index is 12.4. The molecule has 0 saturated carbocycles. The molecule has 2 heterocycles. The smallest absolute Gasteiger partial charge is 0.415 e. The number of likely N-dealkylation sites (tertiary alicyclic amines) is 1. The summed E-state index contributed by atoms with van der Waals surface area (Å²) in [6.45, 7) is 13.4. The minimum Gasteiger partial charge on any atom is -0.444 e. The van der Waals surface area contributed by atoms with Crippen molar-refractivity contribution in [1.82, 2.24) is 9.88 Å². The van der Waals surface area contributed by atoms with Gasteiger partial charge in [0.2, 0.25) is 0 Å². The number of aliphatic hydroxyl groups excluding tert-OH is 1. The monoisotopic (exact) mass is 421 g/mol. The number of amides is 2. The maximum absolute atomic E-state index is 12.4. The van der Waals surface area contributed by atoms with Gasteiger partial charge in [0.1, 0.15) is 17.0 Å². The van der Waals surface area contributed by atoms with Crippen LogP contribution in [0.15, 0.2) is 12.1 Å². The zero-order valence-electron chi connectivity index (χ0n) is 19.4. The van der Waals surface area contributed by atoms with Gasteiger partial charge in [0.05, 0.1) is 12.6 Å². The highest BCUT2D eigenvalue weighted by molar-refractivity contribution is 5.86. The van der Waals surface area contributed by atoms with E-state index in [9.17, 15) is 14.7 Å². The van der Waals surface area contributed by atoms with Crippen molar-refractivity contribution in [2.45, 2.75) is 72.2 Å². The largest absolute Gasteiger partial charge is 0.444 e. The number of carbonyl (C=O) groups excluding carboxylic acids is 2. The summed E-state index contributed by atoms with van der Waals surface area (Å²) in [7, 11) is 1.62. The summed E-state index contributed by atoms with van der Waals surface area (Å²) in [5.74, 6) is 0.322. The summed E-state index contributed by atoms with van der Waals surface area (Å²) >= 11 is 0. The number of aliphatic hydroxyl groups is 1.